The average Bonchev–Trinajstić information content (AvgIpc) is 2.65. The van der Waals surface area contributed by atoms with E-state index in [-0.39, 0.29) is 17.5 Å². The van der Waals surface area contributed by atoms with Crippen molar-refractivity contribution in [3.63, 3.8) is 0 Å². The summed E-state index contributed by atoms with van der Waals surface area (Å²) in [6.45, 7) is 0. The molecule has 3 nitrogen and oxygen atoms in total. The second-order valence-corrected chi connectivity index (χ2v) is 8.17. The van der Waals surface area contributed by atoms with Crippen molar-refractivity contribution in [2.45, 2.75) is 11.8 Å². The van der Waals surface area contributed by atoms with E-state index in [2.05, 4.69) is 5.32 Å². The van der Waals surface area contributed by atoms with E-state index >= 15 is 0 Å². The summed E-state index contributed by atoms with van der Waals surface area (Å²) in [7, 11) is 0. The summed E-state index contributed by atoms with van der Waals surface area (Å²) in [4.78, 5) is 25.6. The molecule has 0 fully saturated rings. The Kier molecular flexibility index (Phi) is 4.02. The normalized spacial score (nSPS) is 22.2. The Morgan fingerprint density at radius 1 is 0.929 bits per heavy atom. The van der Waals surface area contributed by atoms with Crippen LogP contribution < -0.4 is 5.32 Å². The molecule has 6 heteroatoms. The summed E-state index contributed by atoms with van der Waals surface area (Å²) in [5.41, 5.74) is 4.03. The minimum Gasteiger partial charge on any atom is -0.358 e. The second kappa shape index (κ2) is 6.35. The average molecular weight is 429 g/mol. The topological polar surface area (TPSA) is 46.2 Å². The van der Waals surface area contributed by atoms with Crippen LogP contribution in [0, 0.1) is 0 Å². The van der Waals surface area contributed by atoms with Crippen LogP contribution in [0.1, 0.15) is 38.9 Å². The van der Waals surface area contributed by atoms with Crippen LogP contribution in [-0.2, 0) is 4.79 Å². The van der Waals surface area contributed by atoms with Crippen LogP contribution in [0.15, 0.2) is 65.4 Å². The van der Waals surface area contributed by atoms with Gasteiger partial charge in [0.2, 0.25) is 0 Å². The number of allylic oxidation sites excluding steroid dienone is 5. The van der Waals surface area contributed by atoms with E-state index in [1.165, 1.54) is 12.2 Å². The lowest BCUT2D eigenvalue weighted by Crippen LogP contribution is -2.30. The summed E-state index contributed by atoms with van der Waals surface area (Å²) in [6, 6.07) is 11.2. The molecule has 0 amide bonds. The zero-order valence-corrected chi connectivity index (χ0v) is 16.6. The number of ketones is 2. The Hall–Kier alpha value is -2.33. The molecule has 0 aromatic heterocycles. The van der Waals surface area contributed by atoms with E-state index in [0.29, 0.717) is 43.0 Å². The van der Waals surface area contributed by atoms with Gasteiger partial charge in [-0.15, -0.1) is 0 Å². The van der Waals surface area contributed by atoms with Crippen molar-refractivity contribution >= 4 is 57.1 Å². The molecule has 1 N–H and O–H groups in total. The van der Waals surface area contributed by atoms with E-state index in [1.807, 2.05) is 36.4 Å². The summed E-state index contributed by atoms with van der Waals surface area (Å²) in [5.74, 6) is -1.35. The monoisotopic (exact) mass is 427 g/mol. The third-order valence-electron chi connectivity index (χ3n) is 5.30. The number of anilines is 1. The molecule has 0 saturated heterocycles. The van der Waals surface area contributed by atoms with Gasteiger partial charge in [-0.05, 0) is 34.9 Å². The van der Waals surface area contributed by atoms with Crippen molar-refractivity contribution in [3.05, 3.63) is 92.6 Å². The molecule has 2 aromatic carbocycles. The molecule has 28 heavy (non-hydrogen) atoms. The summed E-state index contributed by atoms with van der Waals surface area (Å²) in [5, 5.41) is 4.38. The van der Waals surface area contributed by atoms with E-state index in [1.54, 1.807) is 6.07 Å². The van der Waals surface area contributed by atoms with Crippen LogP contribution in [0.2, 0.25) is 5.02 Å². The van der Waals surface area contributed by atoms with Crippen LogP contribution in [0.25, 0.3) is 5.03 Å². The van der Waals surface area contributed by atoms with Crippen LogP contribution in [0.5, 0.6) is 0 Å². The quantitative estimate of drug-likeness (QED) is 0.638. The highest BCUT2D eigenvalue weighted by molar-refractivity contribution is 6.51. The van der Waals surface area contributed by atoms with Gasteiger partial charge >= 0.3 is 0 Å². The fourth-order valence-corrected chi connectivity index (χ4v) is 5.01. The predicted octanol–water partition coefficient (Wildman–Crippen LogP) is 6.00. The van der Waals surface area contributed by atoms with Crippen molar-refractivity contribution < 1.29 is 9.59 Å². The van der Waals surface area contributed by atoms with Gasteiger partial charge in [0, 0.05) is 40.1 Å². The van der Waals surface area contributed by atoms with Gasteiger partial charge in [-0.3, -0.25) is 9.59 Å². The second-order valence-electron chi connectivity index (χ2n) is 6.92. The number of para-hydroxylation sites is 1. The summed E-state index contributed by atoms with van der Waals surface area (Å²) >= 11 is 19.3. The molecule has 0 heterocycles. The Bertz CT molecular complexity index is 1160. The van der Waals surface area contributed by atoms with E-state index in [4.69, 9.17) is 34.8 Å². The molecule has 0 unspecified atom stereocenters. The SMILES string of the molecule is O=C1C=C(Cl)[C@@H]2C=C(Nc3ccccc3)[C@@H]3C(=O)C=C(Cl)c4cc(Cl)c1c2c43. The molecule has 3 aliphatic rings. The molecule has 3 aliphatic carbocycles. The van der Waals surface area contributed by atoms with Crippen molar-refractivity contribution in [2.75, 3.05) is 5.32 Å². The Morgan fingerprint density at radius 3 is 2.43 bits per heavy atom. The number of halogens is 3. The van der Waals surface area contributed by atoms with Crippen molar-refractivity contribution in [2.24, 2.45) is 0 Å². The Morgan fingerprint density at radius 2 is 1.68 bits per heavy atom. The van der Waals surface area contributed by atoms with Gasteiger partial charge in [0.25, 0.3) is 0 Å². The molecule has 0 spiro atoms. The minimum absolute atomic E-state index is 0.145. The minimum atomic E-state index is -0.588. The van der Waals surface area contributed by atoms with E-state index < -0.39 is 5.92 Å². The first-order valence-corrected chi connectivity index (χ1v) is 9.82. The number of nitrogens with one attached hydrogen (secondary N) is 1. The van der Waals surface area contributed by atoms with E-state index in [0.717, 1.165) is 5.69 Å². The number of benzene rings is 2. The van der Waals surface area contributed by atoms with Gasteiger partial charge in [0.1, 0.15) is 0 Å². The third-order valence-corrected chi connectivity index (χ3v) is 6.26. The first-order valence-electron chi connectivity index (χ1n) is 8.68. The number of hydrogen-bond acceptors (Lipinski definition) is 3. The standard InChI is InChI=1S/C22H12Cl3NO2/c23-13-9-18(28)22-16(26-10-4-2-1-3-5-10)7-12-14(24)8-17(27)21-15(25)6-11(13)20(22)19(12)21/h1-9,12,22,26H/t12-,22+/m0/s1. The lowest BCUT2D eigenvalue weighted by atomic mass is 9.69. The highest BCUT2D eigenvalue weighted by atomic mass is 35.5. The smallest absolute Gasteiger partial charge is 0.188 e. The molecule has 0 radical (unpaired) electrons. The Balaban J connectivity index is 1.79. The summed E-state index contributed by atoms with van der Waals surface area (Å²) in [6.07, 6.45) is 4.71. The van der Waals surface area contributed by atoms with Crippen molar-refractivity contribution in [3.8, 4) is 0 Å². The van der Waals surface area contributed by atoms with Crippen LogP contribution in [0.3, 0.4) is 0 Å². The molecule has 0 saturated carbocycles. The fourth-order valence-electron chi connectivity index (χ4n) is 4.17. The third kappa shape index (κ3) is 2.51. The van der Waals surface area contributed by atoms with Crippen LogP contribution in [-0.4, -0.2) is 11.6 Å². The first-order chi connectivity index (χ1) is 13.5. The van der Waals surface area contributed by atoms with Gasteiger partial charge in [0.05, 0.1) is 16.0 Å². The van der Waals surface area contributed by atoms with Gasteiger partial charge in [-0.1, -0.05) is 59.1 Å². The molecule has 0 aliphatic heterocycles. The maximum absolute atomic E-state index is 13.0. The molecule has 2 aromatic rings. The molecular formula is C22H12Cl3NO2. The zero-order valence-electron chi connectivity index (χ0n) is 14.3. The molecule has 2 atom stereocenters. The van der Waals surface area contributed by atoms with E-state index in [9.17, 15) is 9.59 Å². The van der Waals surface area contributed by atoms with Gasteiger partial charge in [0.15, 0.2) is 11.6 Å². The first kappa shape index (κ1) is 17.7. The van der Waals surface area contributed by atoms with Gasteiger partial charge in [-0.2, -0.15) is 0 Å². The van der Waals surface area contributed by atoms with Gasteiger partial charge in [-0.25, -0.2) is 0 Å². The Labute approximate surface area is 176 Å². The molecule has 5 rings (SSSR count). The number of rotatable bonds is 2. The highest BCUT2D eigenvalue weighted by Gasteiger charge is 2.43. The number of carbonyl (C=O) groups excluding carboxylic acids is 2. The van der Waals surface area contributed by atoms with Crippen LogP contribution >= 0.6 is 34.8 Å². The van der Waals surface area contributed by atoms with Crippen molar-refractivity contribution in [1.82, 2.24) is 0 Å². The summed E-state index contributed by atoms with van der Waals surface area (Å²) < 4.78 is 0. The van der Waals surface area contributed by atoms with Crippen molar-refractivity contribution in [1.29, 1.82) is 0 Å². The maximum Gasteiger partial charge on any atom is 0.188 e. The lowest BCUT2D eigenvalue weighted by Gasteiger charge is -2.37. The van der Waals surface area contributed by atoms with Crippen LogP contribution in [0.4, 0.5) is 5.69 Å². The highest BCUT2D eigenvalue weighted by Crippen LogP contribution is 2.53. The predicted molar refractivity (Wildman–Crippen MR) is 112 cm³/mol. The molecular weight excluding hydrogens is 417 g/mol. The lowest BCUT2D eigenvalue weighted by molar-refractivity contribution is -0.115. The number of carbonyl (C=O) groups is 2. The molecule has 0 bridgehead atoms. The van der Waals surface area contributed by atoms with Gasteiger partial charge < -0.3 is 5.32 Å². The number of hydrogen-bond donors (Lipinski definition) is 1. The maximum atomic E-state index is 13.0. The zero-order chi connectivity index (χ0) is 19.6. The molecule has 138 valence electrons. The fraction of sp³-hybridized carbons (Fsp3) is 0.0909. The largest absolute Gasteiger partial charge is 0.358 e.